The molecule has 0 aromatic heterocycles. The van der Waals surface area contributed by atoms with Gasteiger partial charge in [0.15, 0.2) is 0 Å². The molecular formula is C48H58N3O6P3. The molecule has 0 bridgehead atoms. The average Bonchev–Trinajstić information content (AvgIpc) is 3.26. The quantitative estimate of drug-likeness (QED) is 0.0826. The van der Waals surface area contributed by atoms with Gasteiger partial charge in [0.05, 0.1) is 0 Å². The Morgan fingerprint density at radius 1 is 0.450 bits per heavy atom. The van der Waals surface area contributed by atoms with Crippen molar-refractivity contribution in [2.45, 2.75) is 41.5 Å². The van der Waals surface area contributed by atoms with Gasteiger partial charge in [-0.05, 0) is 0 Å². The molecule has 1 aliphatic heterocycles. The van der Waals surface area contributed by atoms with Crippen molar-refractivity contribution in [1.29, 1.82) is 0 Å². The van der Waals surface area contributed by atoms with Crippen LogP contribution in [0.5, 0.6) is 17.2 Å². The van der Waals surface area contributed by atoms with E-state index in [0.717, 1.165) is 33.4 Å². The molecular weight excluding hydrogens is 807 g/mol. The van der Waals surface area contributed by atoms with Crippen molar-refractivity contribution in [3.05, 3.63) is 164 Å². The van der Waals surface area contributed by atoms with Gasteiger partial charge >= 0.3 is 359 Å². The molecule has 2 N–H and O–H groups in total. The average molecular weight is 866 g/mol. The molecule has 0 amide bonds. The van der Waals surface area contributed by atoms with Crippen molar-refractivity contribution in [3.63, 3.8) is 0 Å². The first kappa shape index (κ1) is 43.7. The molecule has 0 saturated carbocycles. The van der Waals surface area contributed by atoms with Gasteiger partial charge in [0.2, 0.25) is 0 Å². The second kappa shape index (κ2) is 20.0. The van der Waals surface area contributed by atoms with Gasteiger partial charge in [-0.15, -0.1) is 0 Å². The maximum absolute atomic E-state index is 7.11. The van der Waals surface area contributed by atoms with E-state index in [1.165, 1.54) is 0 Å². The summed E-state index contributed by atoms with van der Waals surface area (Å²) in [6, 6.07) is 54.8. The van der Waals surface area contributed by atoms with E-state index in [4.69, 9.17) is 31.7 Å². The predicted octanol–water partition coefficient (Wildman–Crippen LogP) is 14.2. The van der Waals surface area contributed by atoms with Gasteiger partial charge in [-0.3, -0.25) is 0 Å². The molecule has 7 rings (SSSR count). The SMILES string of the molecule is CC(C)COP1(Oc2ccc(-c3ccccc3)cc2)=N[PH](OCC(C)C)(Oc2ccc(-c3ccccc3)cc2)N[PH](OCC(C)C)(Oc2ccc(-c3ccccc3)cc2)N1. The van der Waals surface area contributed by atoms with E-state index < -0.39 is 23.7 Å². The molecule has 12 heteroatoms. The van der Waals surface area contributed by atoms with Crippen LogP contribution in [-0.4, -0.2) is 19.8 Å². The third kappa shape index (κ3) is 11.7. The summed E-state index contributed by atoms with van der Waals surface area (Å²) in [6.45, 7) is 13.7. The van der Waals surface area contributed by atoms with Crippen LogP contribution in [0.25, 0.3) is 33.4 Å². The third-order valence-corrected chi connectivity index (χ3v) is 19.4. The second-order valence-electron chi connectivity index (χ2n) is 16.1. The maximum atomic E-state index is 7.11. The van der Waals surface area contributed by atoms with Crippen molar-refractivity contribution < 1.29 is 27.1 Å². The first-order chi connectivity index (χ1) is 29.0. The van der Waals surface area contributed by atoms with Crippen LogP contribution >= 0.6 is 23.7 Å². The third-order valence-electron chi connectivity index (χ3n) is 9.32. The van der Waals surface area contributed by atoms with Crippen molar-refractivity contribution in [2.24, 2.45) is 22.3 Å². The van der Waals surface area contributed by atoms with E-state index in [-0.39, 0.29) is 17.8 Å². The van der Waals surface area contributed by atoms with Crippen molar-refractivity contribution >= 4 is 23.7 Å². The minimum absolute atomic E-state index is 0.149. The molecule has 1 unspecified atom stereocenters. The number of benzene rings is 6. The summed E-state index contributed by atoms with van der Waals surface area (Å²) in [5.74, 6) is 2.21. The van der Waals surface area contributed by atoms with Crippen molar-refractivity contribution in [3.8, 4) is 50.6 Å². The van der Waals surface area contributed by atoms with E-state index in [2.05, 4.69) is 99.8 Å². The Balaban J connectivity index is 1.36. The van der Waals surface area contributed by atoms with Crippen LogP contribution in [0, 0.1) is 17.8 Å². The molecule has 9 nitrogen and oxygen atoms in total. The van der Waals surface area contributed by atoms with Crippen LogP contribution in [0.2, 0.25) is 0 Å². The molecule has 1 atom stereocenters. The van der Waals surface area contributed by atoms with Crippen LogP contribution in [0.3, 0.4) is 0 Å². The van der Waals surface area contributed by atoms with Crippen molar-refractivity contribution in [1.82, 2.24) is 9.72 Å². The standard InChI is InChI=1S/C48H58N3O6P3/c1-37(2)34-52-58(55-46-28-22-43(23-29-46)40-16-10-7-11-17-40)49-59(53-35-38(3)4,56-47-30-24-44(25-31-47)41-18-12-8-13-19-41)51-60(50-58,54-36-39(5)6)57-48-32-26-45(27-33-48)42-20-14-9-15-21-42/h7-33,37-39,49-50,58-59H,34-36H2,1-6H3. The second-order valence-corrected chi connectivity index (χ2v) is 23.7. The molecule has 6 aromatic carbocycles. The first-order valence-corrected chi connectivity index (χ1v) is 25.8. The normalized spacial score (nSPS) is 18.1. The summed E-state index contributed by atoms with van der Waals surface area (Å²) in [6.07, 6.45) is 0. The molecule has 60 heavy (non-hydrogen) atoms. The van der Waals surface area contributed by atoms with Crippen LogP contribution in [0.1, 0.15) is 41.5 Å². The topological polar surface area (TPSA) is 91.8 Å². The molecule has 0 fully saturated rings. The number of rotatable bonds is 18. The summed E-state index contributed by atoms with van der Waals surface area (Å²) < 4.78 is 47.6. The molecule has 1 heterocycles. The Bertz CT molecular complexity index is 2300. The van der Waals surface area contributed by atoms with Crippen molar-refractivity contribution in [2.75, 3.05) is 19.8 Å². The number of nitrogens with one attached hydrogen (secondary N) is 2. The molecule has 316 valence electrons. The Kier molecular flexibility index (Phi) is 14.6. The molecule has 0 spiro atoms. The Morgan fingerprint density at radius 3 is 1.27 bits per heavy atom. The summed E-state index contributed by atoms with van der Waals surface area (Å²) >= 11 is 0. The molecule has 1 aliphatic rings. The molecule has 0 radical (unpaired) electrons. The Labute approximate surface area is 357 Å². The fraction of sp³-hybridized carbons (Fsp3) is 0.250. The van der Waals surface area contributed by atoms with E-state index in [9.17, 15) is 0 Å². The van der Waals surface area contributed by atoms with E-state index in [1.807, 2.05) is 115 Å². The van der Waals surface area contributed by atoms with Crippen LogP contribution in [0.4, 0.5) is 0 Å². The zero-order valence-corrected chi connectivity index (χ0v) is 38.2. The predicted molar refractivity (Wildman–Crippen MR) is 252 cm³/mol. The summed E-state index contributed by atoms with van der Waals surface area (Å²) in [4.78, 5) is 7.42. The monoisotopic (exact) mass is 865 g/mol. The van der Waals surface area contributed by atoms with Crippen LogP contribution in [0.15, 0.2) is 168 Å². The number of hydrogen-bond donors (Lipinski definition) is 2. The van der Waals surface area contributed by atoms with E-state index in [1.54, 1.807) is 0 Å². The Morgan fingerprint density at radius 2 is 0.833 bits per heavy atom. The van der Waals surface area contributed by atoms with Gasteiger partial charge in [0, 0.05) is 0 Å². The zero-order valence-electron chi connectivity index (χ0n) is 35.3. The molecule has 0 aliphatic carbocycles. The fourth-order valence-electron chi connectivity index (χ4n) is 6.38. The number of nitrogens with zero attached hydrogens (tertiary/aromatic N) is 1. The van der Waals surface area contributed by atoms with E-state index in [0.29, 0.717) is 37.1 Å². The fourth-order valence-corrected chi connectivity index (χ4v) is 18.7. The van der Waals surface area contributed by atoms with Gasteiger partial charge in [-0.1, -0.05) is 0 Å². The molecule has 0 saturated heterocycles. The summed E-state index contributed by atoms with van der Waals surface area (Å²) in [5, 5.41) is 0. The van der Waals surface area contributed by atoms with Gasteiger partial charge < -0.3 is 0 Å². The summed E-state index contributed by atoms with van der Waals surface area (Å²) in [5.41, 5.74) is 6.51. The van der Waals surface area contributed by atoms with Crippen LogP contribution < -0.4 is 23.3 Å². The first-order valence-electron chi connectivity index (χ1n) is 20.7. The summed E-state index contributed by atoms with van der Waals surface area (Å²) in [7, 11) is -11.5. The minimum atomic E-state index is -4.01. The van der Waals surface area contributed by atoms with Crippen LogP contribution in [-0.2, 0) is 13.6 Å². The van der Waals surface area contributed by atoms with Gasteiger partial charge in [0.1, 0.15) is 0 Å². The zero-order chi connectivity index (χ0) is 42.0. The van der Waals surface area contributed by atoms with E-state index >= 15 is 0 Å². The van der Waals surface area contributed by atoms with Gasteiger partial charge in [-0.25, -0.2) is 0 Å². The number of hydrogen-bond acceptors (Lipinski definition) is 9. The molecule has 6 aromatic rings. The Hall–Kier alpha value is -4.39. The van der Waals surface area contributed by atoms with Gasteiger partial charge in [-0.2, -0.15) is 0 Å². The van der Waals surface area contributed by atoms with Gasteiger partial charge in [0.25, 0.3) is 0 Å².